The summed E-state index contributed by atoms with van der Waals surface area (Å²) in [4.78, 5) is 4.10. The van der Waals surface area contributed by atoms with Gasteiger partial charge in [-0.05, 0) is 47.4 Å². The molecule has 3 nitrogen and oxygen atoms in total. The van der Waals surface area contributed by atoms with Gasteiger partial charge in [-0.1, -0.05) is 0 Å². The number of pyridine rings is 1. The maximum atomic E-state index is 5.46. The van der Waals surface area contributed by atoms with Crippen molar-refractivity contribution < 1.29 is 0 Å². The summed E-state index contributed by atoms with van der Waals surface area (Å²) < 4.78 is 1.02. The quantitative estimate of drug-likeness (QED) is 0.844. The normalized spacial score (nSPS) is 12.8. The van der Waals surface area contributed by atoms with E-state index in [2.05, 4.69) is 39.2 Å². The van der Waals surface area contributed by atoms with Crippen molar-refractivity contribution in [1.29, 1.82) is 0 Å². The fraction of sp³-hybridized carbons (Fsp3) is 0.500. The Morgan fingerprint density at radius 1 is 1.57 bits per heavy atom. The van der Waals surface area contributed by atoms with E-state index in [1.54, 1.807) is 6.20 Å². The monoisotopic (exact) mass is 257 g/mol. The average molecular weight is 258 g/mol. The molecule has 14 heavy (non-hydrogen) atoms. The molecule has 0 saturated heterocycles. The Balaban J connectivity index is 2.37. The van der Waals surface area contributed by atoms with Crippen molar-refractivity contribution in [2.75, 3.05) is 6.54 Å². The van der Waals surface area contributed by atoms with E-state index < -0.39 is 0 Å². The Kier molecular flexibility index (Phi) is 5.07. The van der Waals surface area contributed by atoms with Crippen LogP contribution in [0.1, 0.15) is 18.9 Å². The number of nitrogens with two attached hydrogens (primary N) is 1. The zero-order valence-corrected chi connectivity index (χ0v) is 9.92. The Morgan fingerprint density at radius 3 is 3.00 bits per heavy atom. The SMILES string of the molecule is CC(CCN)NCc1cncc(Br)c1. The third kappa shape index (κ3) is 4.17. The molecule has 0 fully saturated rings. The first kappa shape index (κ1) is 11.6. The summed E-state index contributed by atoms with van der Waals surface area (Å²) in [5.41, 5.74) is 6.65. The molecular weight excluding hydrogens is 242 g/mol. The zero-order chi connectivity index (χ0) is 10.4. The Labute approximate surface area is 93.2 Å². The summed E-state index contributed by atoms with van der Waals surface area (Å²) in [6.07, 6.45) is 4.65. The standard InChI is InChI=1S/C10H16BrN3/c1-8(2-3-12)14-6-9-4-10(11)7-13-5-9/h4-5,7-8,14H,2-3,6,12H2,1H3. The number of halogens is 1. The van der Waals surface area contributed by atoms with Crippen molar-refractivity contribution in [1.82, 2.24) is 10.3 Å². The third-order valence-electron chi connectivity index (χ3n) is 2.02. The molecule has 1 unspecified atom stereocenters. The van der Waals surface area contributed by atoms with Crippen LogP contribution in [-0.2, 0) is 6.54 Å². The predicted molar refractivity (Wildman–Crippen MR) is 61.9 cm³/mol. The van der Waals surface area contributed by atoms with Crippen molar-refractivity contribution in [3.8, 4) is 0 Å². The molecule has 0 saturated carbocycles. The van der Waals surface area contributed by atoms with Crippen molar-refractivity contribution in [2.45, 2.75) is 25.9 Å². The largest absolute Gasteiger partial charge is 0.330 e. The first-order valence-electron chi connectivity index (χ1n) is 4.75. The number of aromatic nitrogens is 1. The fourth-order valence-corrected chi connectivity index (χ4v) is 1.61. The van der Waals surface area contributed by atoms with E-state index in [0.29, 0.717) is 6.04 Å². The van der Waals surface area contributed by atoms with Gasteiger partial charge in [-0.25, -0.2) is 0 Å². The van der Waals surface area contributed by atoms with Gasteiger partial charge in [-0.15, -0.1) is 0 Å². The molecule has 1 rings (SSSR count). The second-order valence-electron chi connectivity index (χ2n) is 3.37. The van der Waals surface area contributed by atoms with Crippen LogP contribution >= 0.6 is 15.9 Å². The summed E-state index contributed by atoms with van der Waals surface area (Å²) in [6, 6.07) is 2.52. The maximum absolute atomic E-state index is 5.46. The molecule has 1 atom stereocenters. The van der Waals surface area contributed by atoms with E-state index in [1.165, 1.54) is 5.56 Å². The van der Waals surface area contributed by atoms with Crippen LogP contribution in [0, 0.1) is 0 Å². The minimum atomic E-state index is 0.457. The van der Waals surface area contributed by atoms with Gasteiger partial charge in [-0.3, -0.25) is 4.98 Å². The molecule has 0 bridgehead atoms. The lowest BCUT2D eigenvalue weighted by atomic mass is 10.2. The molecule has 0 amide bonds. The number of nitrogens with one attached hydrogen (secondary N) is 1. The minimum Gasteiger partial charge on any atom is -0.330 e. The van der Waals surface area contributed by atoms with Crippen molar-refractivity contribution in [3.05, 3.63) is 28.5 Å². The minimum absolute atomic E-state index is 0.457. The van der Waals surface area contributed by atoms with Crippen LogP contribution in [0.2, 0.25) is 0 Å². The first-order chi connectivity index (χ1) is 6.72. The maximum Gasteiger partial charge on any atom is 0.0410 e. The molecule has 0 aromatic carbocycles. The van der Waals surface area contributed by atoms with Gasteiger partial charge in [0.1, 0.15) is 0 Å². The lowest BCUT2D eigenvalue weighted by Crippen LogP contribution is -2.27. The lowest BCUT2D eigenvalue weighted by molar-refractivity contribution is 0.519. The van der Waals surface area contributed by atoms with Gasteiger partial charge in [0, 0.05) is 29.5 Å². The highest BCUT2D eigenvalue weighted by Gasteiger charge is 2.00. The zero-order valence-electron chi connectivity index (χ0n) is 8.33. The topological polar surface area (TPSA) is 50.9 Å². The van der Waals surface area contributed by atoms with Gasteiger partial charge in [0.05, 0.1) is 0 Å². The molecule has 1 heterocycles. The molecule has 3 N–H and O–H groups in total. The van der Waals surface area contributed by atoms with Crippen molar-refractivity contribution in [2.24, 2.45) is 5.73 Å². The highest BCUT2D eigenvalue weighted by atomic mass is 79.9. The van der Waals surface area contributed by atoms with Gasteiger partial charge in [0.15, 0.2) is 0 Å². The van der Waals surface area contributed by atoms with Gasteiger partial charge in [0.2, 0.25) is 0 Å². The molecule has 0 radical (unpaired) electrons. The molecule has 0 spiro atoms. The van der Waals surface area contributed by atoms with Gasteiger partial charge < -0.3 is 11.1 Å². The van der Waals surface area contributed by atoms with Gasteiger partial charge in [-0.2, -0.15) is 0 Å². The molecule has 0 aliphatic carbocycles. The van der Waals surface area contributed by atoms with E-state index in [9.17, 15) is 0 Å². The van der Waals surface area contributed by atoms with E-state index in [0.717, 1.165) is 24.0 Å². The molecular formula is C10H16BrN3. The second kappa shape index (κ2) is 6.11. The average Bonchev–Trinajstić information content (AvgIpc) is 2.15. The predicted octanol–water partition coefficient (Wildman–Crippen LogP) is 1.67. The highest BCUT2D eigenvalue weighted by Crippen LogP contribution is 2.09. The number of hydrogen-bond donors (Lipinski definition) is 2. The van der Waals surface area contributed by atoms with E-state index in [1.807, 2.05) is 6.20 Å². The number of nitrogens with zero attached hydrogens (tertiary/aromatic N) is 1. The molecule has 1 aromatic heterocycles. The molecule has 4 heteroatoms. The molecule has 78 valence electrons. The Hall–Kier alpha value is -0.450. The van der Waals surface area contributed by atoms with Crippen LogP contribution in [0.25, 0.3) is 0 Å². The van der Waals surface area contributed by atoms with Crippen LogP contribution < -0.4 is 11.1 Å². The summed E-state index contributed by atoms with van der Waals surface area (Å²) in [7, 11) is 0. The van der Waals surface area contributed by atoms with Crippen LogP contribution in [0.15, 0.2) is 22.9 Å². The van der Waals surface area contributed by atoms with Crippen LogP contribution in [0.4, 0.5) is 0 Å². The van der Waals surface area contributed by atoms with Crippen molar-refractivity contribution in [3.63, 3.8) is 0 Å². The van der Waals surface area contributed by atoms with Crippen LogP contribution in [0.3, 0.4) is 0 Å². The second-order valence-corrected chi connectivity index (χ2v) is 4.29. The van der Waals surface area contributed by atoms with E-state index >= 15 is 0 Å². The Morgan fingerprint density at radius 2 is 2.36 bits per heavy atom. The molecule has 1 aromatic rings. The van der Waals surface area contributed by atoms with E-state index in [-0.39, 0.29) is 0 Å². The highest BCUT2D eigenvalue weighted by molar-refractivity contribution is 9.10. The molecule has 0 aliphatic heterocycles. The smallest absolute Gasteiger partial charge is 0.0410 e. The van der Waals surface area contributed by atoms with Gasteiger partial charge >= 0.3 is 0 Å². The summed E-state index contributed by atoms with van der Waals surface area (Å²) in [5.74, 6) is 0. The van der Waals surface area contributed by atoms with Gasteiger partial charge in [0.25, 0.3) is 0 Å². The van der Waals surface area contributed by atoms with Crippen molar-refractivity contribution >= 4 is 15.9 Å². The Bertz CT molecular complexity index is 278. The lowest BCUT2D eigenvalue weighted by Gasteiger charge is -2.12. The third-order valence-corrected chi connectivity index (χ3v) is 2.45. The number of rotatable bonds is 5. The summed E-state index contributed by atoms with van der Waals surface area (Å²) >= 11 is 3.39. The first-order valence-corrected chi connectivity index (χ1v) is 5.54. The number of hydrogen-bond acceptors (Lipinski definition) is 3. The van der Waals surface area contributed by atoms with Crippen LogP contribution in [-0.4, -0.2) is 17.6 Å². The fourth-order valence-electron chi connectivity index (χ4n) is 1.20. The summed E-state index contributed by atoms with van der Waals surface area (Å²) in [5, 5.41) is 3.39. The van der Waals surface area contributed by atoms with Crippen LogP contribution in [0.5, 0.6) is 0 Å². The van der Waals surface area contributed by atoms with E-state index in [4.69, 9.17) is 5.73 Å². The summed E-state index contributed by atoms with van der Waals surface area (Å²) in [6.45, 7) is 3.71. The molecule has 0 aliphatic rings.